The normalized spacial score (nSPS) is 42.0. The highest BCUT2D eigenvalue weighted by Crippen LogP contribution is 2.56. The lowest BCUT2D eigenvalue weighted by atomic mass is 9.52. The average Bonchev–Trinajstić information content (AvgIpc) is 2.64. The number of nitriles is 1. The van der Waals surface area contributed by atoms with Crippen molar-refractivity contribution in [1.29, 1.82) is 5.26 Å². The predicted octanol–water partition coefficient (Wildman–Crippen LogP) is 7.12. The number of nitrogens with zero attached hydrogens (tertiary/aromatic N) is 1. The summed E-state index contributed by atoms with van der Waals surface area (Å²) in [6, 6.07) is 2.82. The van der Waals surface area contributed by atoms with Crippen LogP contribution in [0.2, 0.25) is 0 Å². The molecule has 6 atom stereocenters. The van der Waals surface area contributed by atoms with Crippen LogP contribution in [0.3, 0.4) is 0 Å². The van der Waals surface area contributed by atoms with Gasteiger partial charge in [-0.15, -0.1) is 0 Å². The molecule has 3 aliphatic rings. The Labute approximate surface area is 150 Å². The van der Waals surface area contributed by atoms with E-state index in [9.17, 15) is 5.26 Å². The number of fused-ring (bicyclic) bond motifs is 3. The quantitative estimate of drug-likeness (QED) is 0.476. The van der Waals surface area contributed by atoms with E-state index in [0.29, 0.717) is 0 Å². The first-order chi connectivity index (χ1) is 11.7. The maximum atomic E-state index is 9.94. The Morgan fingerprint density at radius 3 is 2.46 bits per heavy atom. The molecular formula is C23H39N. The summed E-state index contributed by atoms with van der Waals surface area (Å²) in [7, 11) is 0. The SMILES string of the molecule is CCCCCC[C@@]1(C#N)CCC2C(CCC3C[C@@H](CC)CCC32)C1. The second-order valence-electron chi connectivity index (χ2n) is 9.46. The van der Waals surface area contributed by atoms with Crippen LogP contribution in [-0.2, 0) is 0 Å². The summed E-state index contributed by atoms with van der Waals surface area (Å²) in [6.07, 6.45) is 19.0. The monoisotopic (exact) mass is 329 g/mol. The van der Waals surface area contributed by atoms with Crippen molar-refractivity contribution >= 4 is 0 Å². The van der Waals surface area contributed by atoms with Gasteiger partial charge in [0.05, 0.1) is 11.5 Å². The van der Waals surface area contributed by atoms with E-state index >= 15 is 0 Å². The first kappa shape index (κ1) is 18.3. The largest absolute Gasteiger partial charge is 0.198 e. The highest BCUT2D eigenvalue weighted by atomic mass is 14.5. The van der Waals surface area contributed by atoms with Crippen molar-refractivity contribution in [3.05, 3.63) is 0 Å². The topological polar surface area (TPSA) is 23.8 Å². The Balaban J connectivity index is 1.58. The van der Waals surface area contributed by atoms with Crippen LogP contribution in [0.1, 0.15) is 104 Å². The van der Waals surface area contributed by atoms with E-state index in [1.165, 1.54) is 89.9 Å². The molecule has 0 heterocycles. The van der Waals surface area contributed by atoms with Gasteiger partial charge < -0.3 is 0 Å². The summed E-state index contributed by atoms with van der Waals surface area (Å²) >= 11 is 0. The van der Waals surface area contributed by atoms with E-state index in [4.69, 9.17) is 0 Å². The predicted molar refractivity (Wildman–Crippen MR) is 101 cm³/mol. The van der Waals surface area contributed by atoms with Gasteiger partial charge in [-0.3, -0.25) is 0 Å². The van der Waals surface area contributed by atoms with Crippen LogP contribution in [0.25, 0.3) is 0 Å². The smallest absolute Gasteiger partial charge is 0.0689 e. The summed E-state index contributed by atoms with van der Waals surface area (Å²) < 4.78 is 0. The lowest BCUT2D eigenvalue weighted by Crippen LogP contribution is -2.44. The minimum Gasteiger partial charge on any atom is -0.198 e. The first-order valence-electron chi connectivity index (χ1n) is 11.1. The van der Waals surface area contributed by atoms with E-state index in [1.54, 1.807) is 0 Å². The average molecular weight is 330 g/mol. The Morgan fingerprint density at radius 2 is 1.71 bits per heavy atom. The van der Waals surface area contributed by atoms with Crippen LogP contribution in [0.15, 0.2) is 0 Å². The second kappa shape index (κ2) is 8.25. The molecule has 0 spiro atoms. The Kier molecular flexibility index (Phi) is 6.28. The maximum absolute atomic E-state index is 9.94. The third-order valence-corrected chi connectivity index (χ3v) is 8.15. The van der Waals surface area contributed by atoms with Gasteiger partial charge in [0.1, 0.15) is 0 Å². The lowest BCUT2D eigenvalue weighted by molar-refractivity contribution is -0.0174. The molecule has 3 fully saturated rings. The van der Waals surface area contributed by atoms with Crippen LogP contribution in [0.4, 0.5) is 0 Å². The summed E-state index contributed by atoms with van der Waals surface area (Å²) in [5.74, 6) is 4.92. The van der Waals surface area contributed by atoms with Crippen molar-refractivity contribution in [1.82, 2.24) is 0 Å². The maximum Gasteiger partial charge on any atom is 0.0689 e. The van der Waals surface area contributed by atoms with Gasteiger partial charge in [-0.1, -0.05) is 52.4 Å². The molecule has 3 aliphatic carbocycles. The van der Waals surface area contributed by atoms with Gasteiger partial charge in [0.25, 0.3) is 0 Å². The van der Waals surface area contributed by atoms with Crippen molar-refractivity contribution in [2.45, 2.75) is 104 Å². The molecule has 0 saturated heterocycles. The van der Waals surface area contributed by atoms with E-state index < -0.39 is 0 Å². The summed E-state index contributed by atoms with van der Waals surface area (Å²) in [4.78, 5) is 0. The molecule has 1 nitrogen and oxygen atoms in total. The molecule has 0 aromatic rings. The highest BCUT2D eigenvalue weighted by Gasteiger charge is 2.48. The van der Waals surface area contributed by atoms with Gasteiger partial charge in [0, 0.05) is 0 Å². The van der Waals surface area contributed by atoms with Crippen molar-refractivity contribution in [2.75, 3.05) is 0 Å². The molecule has 0 bridgehead atoms. The van der Waals surface area contributed by atoms with Crippen molar-refractivity contribution in [3.63, 3.8) is 0 Å². The fraction of sp³-hybridized carbons (Fsp3) is 0.957. The van der Waals surface area contributed by atoms with E-state index in [-0.39, 0.29) is 5.41 Å². The van der Waals surface area contributed by atoms with Crippen LogP contribution >= 0.6 is 0 Å². The zero-order valence-corrected chi connectivity index (χ0v) is 16.2. The molecule has 0 amide bonds. The van der Waals surface area contributed by atoms with Gasteiger partial charge in [0.15, 0.2) is 0 Å². The fourth-order valence-corrected chi connectivity index (χ4v) is 6.67. The van der Waals surface area contributed by atoms with Gasteiger partial charge in [-0.05, 0) is 81.0 Å². The lowest BCUT2D eigenvalue weighted by Gasteiger charge is -2.52. The summed E-state index contributed by atoms with van der Waals surface area (Å²) in [5.41, 5.74) is 0.0440. The minimum absolute atomic E-state index is 0.0440. The molecule has 0 N–H and O–H groups in total. The summed E-state index contributed by atoms with van der Waals surface area (Å²) in [6.45, 7) is 4.66. The number of hydrogen-bond donors (Lipinski definition) is 0. The van der Waals surface area contributed by atoms with Crippen LogP contribution in [0, 0.1) is 46.3 Å². The van der Waals surface area contributed by atoms with Gasteiger partial charge in [0.2, 0.25) is 0 Å². The van der Waals surface area contributed by atoms with E-state index in [1.807, 2.05) is 0 Å². The number of unbranched alkanes of at least 4 members (excludes halogenated alkanes) is 3. The molecule has 0 aliphatic heterocycles. The van der Waals surface area contributed by atoms with E-state index in [0.717, 1.165) is 29.6 Å². The Bertz CT molecular complexity index is 436. The molecule has 4 unspecified atom stereocenters. The molecule has 24 heavy (non-hydrogen) atoms. The highest BCUT2D eigenvalue weighted by molar-refractivity contribution is 5.06. The van der Waals surface area contributed by atoms with Gasteiger partial charge in [-0.25, -0.2) is 0 Å². The zero-order chi connectivity index (χ0) is 17.0. The molecule has 0 aromatic heterocycles. The molecular weight excluding hydrogens is 290 g/mol. The molecule has 0 aromatic carbocycles. The molecule has 1 heteroatoms. The van der Waals surface area contributed by atoms with Crippen LogP contribution < -0.4 is 0 Å². The third kappa shape index (κ3) is 3.84. The molecule has 136 valence electrons. The Hall–Kier alpha value is -0.510. The minimum atomic E-state index is 0.0440. The van der Waals surface area contributed by atoms with Crippen LogP contribution in [-0.4, -0.2) is 0 Å². The Morgan fingerprint density at radius 1 is 0.917 bits per heavy atom. The third-order valence-electron chi connectivity index (χ3n) is 8.15. The van der Waals surface area contributed by atoms with Gasteiger partial charge in [-0.2, -0.15) is 5.26 Å². The first-order valence-corrected chi connectivity index (χ1v) is 11.1. The van der Waals surface area contributed by atoms with Crippen molar-refractivity contribution in [3.8, 4) is 6.07 Å². The molecule has 3 saturated carbocycles. The molecule has 3 rings (SSSR count). The van der Waals surface area contributed by atoms with E-state index in [2.05, 4.69) is 19.9 Å². The van der Waals surface area contributed by atoms with Crippen molar-refractivity contribution < 1.29 is 0 Å². The van der Waals surface area contributed by atoms with Crippen LogP contribution in [0.5, 0.6) is 0 Å². The standard InChI is InChI=1S/C23H39N/c1-3-5-6-7-13-23(17-24)14-12-22-20(16-23)10-9-19-15-18(4-2)8-11-21(19)22/h18-22H,3-16H2,1-2H3/t18-,19?,20?,21?,22?,23+/m0/s1. The zero-order valence-electron chi connectivity index (χ0n) is 16.2. The number of hydrogen-bond acceptors (Lipinski definition) is 1. The van der Waals surface area contributed by atoms with Crippen molar-refractivity contribution in [2.24, 2.45) is 35.0 Å². The summed E-state index contributed by atoms with van der Waals surface area (Å²) in [5, 5.41) is 9.94. The second-order valence-corrected chi connectivity index (χ2v) is 9.46. The van der Waals surface area contributed by atoms with Gasteiger partial charge >= 0.3 is 0 Å². The molecule has 0 radical (unpaired) electrons. The fourth-order valence-electron chi connectivity index (χ4n) is 6.67. The number of rotatable bonds is 6.